The van der Waals surface area contributed by atoms with Gasteiger partial charge in [-0.2, -0.15) is 14.8 Å². The second-order valence-electron chi connectivity index (χ2n) is 3.36. The number of nitro benzene ring substituents is 1. The standard InChI is InChI=1S/C10H9FN6O3/c1-20-9-3-8(17(18)19)5(11)2-6(9)15-16-7(4-12)10(13)14/h2-3,15H,1H3,(H3,13,14)/b16-7+. The number of hydrazone groups is 1. The van der Waals surface area contributed by atoms with Gasteiger partial charge in [0, 0.05) is 6.07 Å². The Bertz CT molecular complexity index is 637. The highest BCUT2D eigenvalue weighted by molar-refractivity contribution is 6.45. The number of anilines is 1. The quantitative estimate of drug-likeness (QED) is 0.316. The smallest absolute Gasteiger partial charge is 0.308 e. The summed E-state index contributed by atoms with van der Waals surface area (Å²) in [4.78, 5) is 9.68. The molecular weight excluding hydrogens is 271 g/mol. The predicted octanol–water partition coefficient (Wildman–Crippen LogP) is 0.970. The Morgan fingerprint density at radius 2 is 2.35 bits per heavy atom. The van der Waals surface area contributed by atoms with Crippen molar-refractivity contribution >= 4 is 22.9 Å². The number of ether oxygens (including phenoxy) is 1. The summed E-state index contributed by atoms with van der Waals surface area (Å²) in [5.41, 5.74) is 6.09. The largest absolute Gasteiger partial charge is 0.494 e. The number of nitriles is 1. The van der Waals surface area contributed by atoms with E-state index in [-0.39, 0.29) is 11.4 Å². The lowest BCUT2D eigenvalue weighted by molar-refractivity contribution is -0.387. The molecule has 10 heteroatoms. The van der Waals surface area contributed by atoms with Gasteiger partial charge in [-0.1, -0.05) is 0 Å². The first-order valence-electron chi connectivity index (χ1n) is 5.00. The molecule has 1 aromatic rings. The number of nitrogens with two attached hydrogens (primary N) is 1. The molecule has 0 heterocycles. The molecule has 0 spiro atoms. The minimum absolute atomic E-state index is 0.0513. The Morgan fingerprint density at radius 3 is 2.80 bits per heavy atom. The van der Waals surface area contributed by atoms with Crippen LogP contribution >= 0.6 is 0 Å². The maximum atomic E-state index is 13.5. The summed E-state index contributed by atoms with van der Waals surface area (Å²) >= 11 is 0. The van der Waals surface area contributed by atoms with Gasteiger partial charge in [0.2, 0.25) is 11.5 Å². The molecule has 0 bridgehead atoms. The number of benzene rings is 1. The van der Waals surface area contributed by atoms with E-state index in [2.05, 4.69) is 10.5 Å². The van der Waals surface area contributed by atoms with Crippen LogP contribution in [-0.4, -0.2) is 23.6 Å². The van der Waals surface area contributed by atoms with Gasteiger partial charge in [0.25, 0.3) is 0 Å². The van der Waals surface area contributed by atoms with E-state index in [0.29, 0.717) is 0 Å². The summed E-state index contributed by atoms with van der Waals surface area (Å²) in [5, 5.41) is 29.7. The third-order valence-electron chi connectivity index (χ3n) is 2.11. The van der Waals surface area contributed by atoms with Crippen molar-refractivity contribution in [1.82, 2.24) is 0 Å². The van der Waals surface area contributed by atoms with Crippen LogP contribution < -0.4 is 15.9 Å². The number of nitro groups is 1. The van der Waals surface area contributed by atoms with Crippen molar-refractivity contribution < 1.29 is 14.1 Å². The lowest BCUT2D eigenvalue weighted by atomic mass is 10.2. The van der Waals surface area contributed by atoms with E-state index >= 15 is 0 Å². The van der Waals surface area contributed by atoms with Crippen molar-refractivity contribution in [3.63, 3.8) is 0 Å². The molecule has 0 atom stereocenters. The molecule has 0 aliphatic carbocycles. The summed E-state index contributed by atoms with van der Waals surface area (Å²) in [7, 11) is 1.22. The lowest BCUT2D eigenvalue weighted by Gasteiger charge is -2.08. The second kappa shape index (κ2) is 6.10. The Hall–Kier alpha value is -3.22. The maximum Gasteiger partial charge on any atom is 0.308 e. The van der Waals surface area contributed by atoms with Crippen molar-refractivity contribution in [3.8, 4) is 11.8 Å². The van der Waals surface area contributed by atoms with E-state index < -0.39 is 28.0 Å². The van der Waals surface area contributed by atoms with E-state index in [1.54, 1.807) is 6.07 Å². The highest BCUT2D eigenvalue weighted by Gasteiger charge is 2.19. The highest BCUT2D eigenvalue weighted by atomic mass is 19.1. The van der Waals surface area contributed by atoms with Crippen molar-refractivity contribution in [1.29, 1.82) is 10.7 Å². The Balaban J connectivity index is 3.20. The zero-order valence-electron chi connectivity index (χ0n) is 10.2. The van der Waals surface area contributed by atoms with Crippen LogP contribution in [0, 0.1) is 32.7 Å². The Labute approximate surface area is 112 Å². The van der Waals surface area contributed by atoms with Crippen LogP contribution in [0.25, 0.3) is 0 Å². The average molecular weight is 280 g/mol. The van der Waals surface area contributed by atoms with Crippen LogP contribution in [0.15, 0.2) is 17.2 Å². The van der Waals surface area contributed by atoms with Gasteiger partial charge in [0.15, 0.2) is 11.6 Å². The maximum absolute atomic E-state index is 13.5. The fourth-order valence-electron chi connectivity index (χ4n) is 1.20. The SMILES string of the molecule is COc1cc([N+](=O)[O-])c(F)cc1N/N=C(\C#N)C(=N)N. The Kier molecular flexibility index (Phi) is 4.52. The summed E-state index contributed by atoms with van der Waals surface area (Å²) in [6.07, 6.45) is 0. The van der Waals surface area contributed by atoms with Crippen molar-refractivity contribution in [2.45, 2.75) is 0 Å². The van der Waals surface area contributed by atoms with Crippen LogP contribution in [0.1, 0.15) is 0 Å². The number of halogens is 1. The van der Waals surface area contributed by atoms with Gasteiger partial charge in [0.05, 0.1) is 18.1 Å². The number of nitrogens with one attached hydrogen (secondary N) is 2. The molecule has 9 nitrogen and oxygen atoms in total. The van der Waals surface area contributed by atoms with Crippen LogP contribution in [0.3, 0.4) is 0 Å². The number of amidine groups is 1. The molecule has 0 unspecified atom stereocenters. The average Bonchev–Trinajstić information content (AvgIpc) is 2.38. The zero-order chi connectivity index (χ0) is 15.3. The molecule has 104 valence electrons. The predicted molar refractivity (Wildman–Crippen MR) is 68.2 cm³/mol. The fourth-order valence-corrected chi connectivity index (χ4v) is 1.20. The van der Waals surface area contributed by atoms with Gasteiger partial charge in [-0.3, -0.25) is 20.9 Å². The number of methoxy groups -OCH3 is 1. The van der Waals surface area contributed by atoms with Gasteiger partial charge in [-0.05, 0) is 0 Å². The molecule has 0 radical (unpaired) electrons. The van der Waals surface area contributed by atoms with Crippen LogP contribution in [-0.2, 0) is 0 Å². The van der Waals surface area contributed by atoms with Gasteiger partial charge >= 0.3 is 5.69 Å². The zero-order valence-corrected chi connectivity index (χ0v) is 10.2. The van der Waals surface area contributed by atoms with Crippen LogP contribution in [0.4, 0.5) is 15.8 Å². The van der Waals surface area contributed by atoms with E-state index in [1.807, 2.05) is 0 Å². The molecule has 4 N–H and O–H groups in total. The first kappa shape index (κ1) is 14.8. The molecule has 0 aliphatic heterocycles. The molecule has 1 rings (SSSR count). The van der Waals surface area contributed by atoms with Crippen molar-refractivity contribution in [2.24, 2.45) is 10.8 Å². The highest BCUT2D eigenvalue weighted by Crippen LogP contribution is 2.31. The topological polar surface area (TPSA) is 150 Å². The summed E-state index contributed by atoms with van der Waals surface area (Å²) in [6, 6.07) is 3.20. The first-order chi connectivity index (χ1) is 9.40. The molecule has 0 saturated heterocycles. The monoisotopic (exact) mass is 280 g/mol. The molecule has 1 aromatic carbocycles. The third-order valence-corrected chi connectivity index (χ3v) is 2.11. The molecule has 0 aliphatic rings. The number of rotatable bonds is 5. The Morgan fingerprint density at radius 1 is 1.70 bits per heavy atom. The molecule has 0 amide bonds. The third kappa shape index (κ3) is 3.16. The minimum Gasteiger partial charge on any atom is -0.494 e. The van der Waals surface area contributed by atoms with Gasteiger partial charge in [-0.25, -0.2) is 0 Å². The van der Waals surface area contributed by atoms with Crippen LogP contribution in [0.2, 0.25) is 0 Å². The minimum atomic E-state index is -1.10. The molecule has 0 fully saturated rings. The molecule has 0 saturated carbocycles. The number of nitrogens with zero attached hydrogens (tertiary/aromatic N) is 3. The lowest BCUT2D eigenvalue weighted by Crippen LogP contribution is -2.21. The van der Waals surface area contributed by atoms with Crippen molar-refractivity contribution in [3.05, 3.63) is 28.1 Å². The van der Waals surface area contributed by atoms with E-state index in [4.69, 9.17) is 21.1 Å². The second-order valence-corrected chi connectivity index (χ2v) is 3.36. The summed E-state index contributed by atoms with van der Waals surface area (Å²) < 4.78 is 18.3. The summed E-state index contributed by atoms with van der Waals surface area (Å²) in [6.45, 7) is 0. The van der Waals surface area contributed by atoms with Crippen LogP contribution in [0.5, 0.6) is 5.75 Å². The normalized spacial score (nSPS) is 10.6. The van der Waals surface area contributed by atoms with Gasteiger partial charge < -0.3 is 10.5 Å². The molecule has 0 aromatic heterocycles. The summed E-state index contributed by atoms with van der Waals surface area (Å²) in [5.74, 6) is -1.74. The van der Waals surface area contributed by atoms with Crippen molar-refractivity contribution in [2.75, 3.05) is 12.5 Å². The molecular formula is C10H9FN6O3. The molecule has 20 heavy (non-hydrogen) atoms. The first-order valence-corrected chi connectivity index (χ1v) is 5.00. The van der Waals surface area contributed by atoms with Gasteiger partial charge in [0.1, 0.15) is 11.8 Å². The van der Waals surface area contributed by atoms with E-state index in [0.717, 1.165) is 12.1 Å². The number of hydrogen-bond donors (Lipinski definition) is 3. The number of hydrogen-bond acceptors (Lipinski definition) is 7. The van der Waals surface area contributed by atoms with E-state index in [9.17, 15) is 14.5 Å². The fraction of sp³-hybridized carbons (Fsp3) is 0.100. The van der Waals surface area contributed by atoms with Gasteiger partial charge in [-0.15, -0.1) is 0 Å². The van der Waals surface area contributed by atoms with E-state index in [1.165, 1.54) is 7.11 Å².